The van der Waals surface area contributed by atoms with Gasteiger partial charge in [-0.15, -0.1) is 0 Å². The number of rotatable bonds is 2. The summed E-state index contributed by atoms with van der Waals surface area (Å²) in [6.45, 7) is 2.67. The smallest absolute Gasteiger partial charge is 0.258 e. The van der Waals surface area contributed by atoms with E-state index < -0.39 is 0 Å². The zero-order valence-electron chi connectivity index (χ0n) is 15.9. The van der Waals surface area contributed by atoms with Crippen LogP contribution >= 0.6 is 23.2 Å². The van der Waals surface area contributed by atoms with Gasteiger partial charge >= 0.3 is 0 Å². The van der Waals surface area contributed by atoms with Gasteiger partial charge in [0.1, 0.15) is 11.9 Å². The van der Waals surface area contributed by atoms with E-state index in [-0.39, 0.29) is 11.9 Å². The van der Waals surface area contributed by atoms with Gasteiger partial charge in [-0.25, -0.2) is 4.68 Å². The Hall–Kier alpha value is -2.50. The predicted octanol–water partition coefficient (Wildman–Crippen LogP) is 5.17. The molecule has 3 aliphatic rings. The van der Waals surface area contributed by atoms with Crippen molar-refractivity contribution in [3.8, 4) is 0 Å². The first-order valence-electron chi connectivity index (χ1n) is 9.69. The first-order chi connectivity index (χ1) is 14.0. The first-order valence-corrected chi connectivity index (χ1v) is 10.4. The standard InChI is InChI=1S/C22H20Cl2N4O/c1-13-20(22(29)27-11-9-14-4-2-3-5-18(14)27)21(28-19(26-13)8-10-25-28)15-6-7-16(23)17(24)12-15/h2-3,5-8,10,12,14,21,26H,4,9,11H2,1H3. The molecule has 2 atom stereocenters. The minimum absolute atomic E-state index is 0.0104. The van der Waals surface area contributed by atoms with E-state index in [1.165, 1.54) is 0 Å². The Labute approximate surface area is 179 Å². The van der Waals surface area contributed by atoms with E-state index in [1.54, 1.807) is 12.3 Å². The molecule has 1 aromatic heterocycles. The number of halogens is 2. The monoisotopic (exact) mass is 426 g/mol. The summed E-state index contributed by atoms with van der Waals surface area (Å²) in [5.74, 6) is 1.27. The van der Waals surface area contributed by atoms with Crippen LogP contribution in [0.5, 0.6) is 0 Å². The lowest BCUT2D eigenvalue weighted by atomic mass is 9.93. The van der Waals surface area contributed by atoms with Crippen LogP contribution in [0.25, 0.3) is 0 Å². The Bertz CT molecular complexity index is 1100. The van der Waals surface area contributed by atoms with Gasteiger partial charge in [0.2, 0.25) is 0 Å². The molecule has 1 fully saturated rings. The number of hydrogen-bond donors (Lipinski definition) is 1. The zero-order chi connectivity index (χ0) is 20.1. The molecular formula is C22H20Cl2N4O. The molecule has 2 aromatic rings. The Balaban J connectivity index is 1.61. The quantitative estimate of drug-likeness (QED) is 0.720. The van der Waals surface area contributed by atoms with Crippen LogP contribution < -0.4 is 5.32 Å². The molecule has 29 heavy (non-hydrogen) atoms. The molecule has 1 aliphatic carbocycles. The first kappa shape index (κ1) is 18.5. The number of aromatic nitrogens is 2. The fraction of sp³-hybridized carbons (Fsp3) is 0.273. The van der Waals surface area contributed by atoms with Crippen LogP contribution in [0, 0.1) is 5.92 Å². The third-order valence-electron chi connectivity index (χ3n) is 5.90. The molecule has 1 N–H and O–H groups in total. The fourth-order valence-electron chi connectivity index (χ4n) is 4.49. The second kappa shape index (κ2) is 7.08. The Morgan fingerprint density at radius 3 is 2.93 bits per heavy atom. The molecule has 0 radical (unpaired) electrons. The normalized spacial score (nSPS) is 22.9. The van der Waals surface area contributed by atoms with Crippen molar-refractivity contribution in [1.82, 2.24) is 14.7 Å². The maximum absolute atomic E-state index is 13.8. The lowest BCUT2D eigenvalue weighted by Crippen LogP contribution is -2.36. The highest BCUT2D eigenvalue weighted by atomic mass is 35.5. The molecule has 148 valence electrons. The maximum Gasteiger partial charge on any atom is 0.258 e. The van der Waals surface area contributed by atoms with Crippen LogP contribution in [0.2, 0.25) is 10.0 Å². The van der Waals surface area contributed by atoms with Gasteiger partial charge in [-0.2, -0.15) is 5.10 Å². The van der Waals surface area contributed by atoms with Crippen LogP contribution in [-0.2, 0) is 4.79 Å². The zero-order valence-corrected chi connectivity index (χ0v) is 17.4. The molecule has 2 aliphatic heterocycles. The van der Waals surface area contributed by atoms with Gasteiger partial charge in [0.25, 0.3) is 5.91 Å². The third-order valence-corrected chi connectivity index (χ3v) is 6.64. The summed E-state index contributed by atoms with van der Waals surface area (Å²) >= 11 is 12.4. The highest BCUT2D eigenvalue weighted by Crippen LogP contribution is 2.41. The van der Waals surface area contributed by atoms with Crippen LogP contribution in [0.4, 0.5) is 5.82 Å². The maximum atomic E-state index is 13.8. The van der Waals surface area contributed by atoms with Gasteiger partial charge in [-0.05, 0) is 43.5 Å². The van der Waals surface area contributed by atoms with Gasteiger partial charge < -0.3 is 10.2 Å². The van der Waals surface area contributed by atoms with E-state index in [1.807, 2.05) is 40.8 Å². The lowest BCUT2D eigenvalue weighted by Gasteiger charge is -2.32. The number of benzene rings is 1. The largest absolute Gasteiger partial charge is 0.344 e. The number of amides is 1. The Morgan fingerprint density at radius 1 is 1.24 bits per heavy atom. The minimum atomic E-state index is -0.373. The van der Waals surface area contributed by atoms with Crippen molar-refractivity contribution in [2.45, 2.75) is 25.8 Å². The predicted molar refractivity (Wildman–Crippen MR) is 115 cm³/mol. The average molecular weight is 427 g/mol. The number of nitrogens with one attached hydrogen (secondary N) is 1. The van der Waals surface area contributed by atoms with Crippen molar-refractivity contribution < 1.29 is 4.79 Å². The summed E-state index contributed by atoms with van der Waals surface area (Å²) in [5, 5.41) is 8.77. The summed E-state index contributed by atoms with van der Waals surface area (Å²) in [6.07, 6.45) is 9.99. The van der Waals surface area contributed by atoms with E-state index >= 15 is 0 Å². The topological polar surface area (TPSA) is 50.2 Å². The molecule has 5 rings (SSSR count). The number of hydrogen-bond acceptors (Lipinski definition) is 3. The van der Waals surface area contributed by atoms with Gasteiger partial charge in [-0.3, -0.25) is 4.79 Å². The van der Waals surface area contributed by atoms with Crippen molar-refractivity contribution in [3.63, 3.8) is 0 Å². The van der Waals surface area contributed by atoms with Gasteiger partial charge in [0.15, 0.2) is 0 Å². The highest BCUT2D eigenvalue weighted by Gasteiger charge is 2.39. The van der Waals surface area contributed by atoms with Gasteiger partial charge in [0, 0.05) is 29.9 Å². The SMILES string of the molecule is CC1=C(C(=O)N2CCC3CC=CC=C32)C(c2ccc(Cl)c(Cl)c2)n2nccc2N1. The average Bonchev–Trinajstić information content (AvgIpc) is 3.35. The number of nitrogens with zero attached hydrogens (tertiary/aromatic N) is 3. The van der Waals surface area contributed by atoms with Crippen molar-refractivity contribution in [1.29, 1.82) is 0 Å². The van der Waals surface area contributed by atoms with Crippen molar-refractivity contribution >= 4 is 34.9 Å². The molecule has 0 spiro atoms. The lowest BCUT2D eigenvalue weighted by molar-refractivity contribution is -0.125. The van der Waals surface area contributed by atoms with E-state index in [0.717, 1.165) is 42.2 Å². The molecule has 7 heteroatoms. The number of allylic oxidation sites excluding steroid dienone is 5. The van der Waals surface area contributed by atoms with E-state index in [0.29, 0.717) is 21.5 Å². The van der Waals surface area contributed by atoms with E-state index in [2.05, 4.69) is 22.6 Å². The number of likely N-dealkylation sites (tertiary alicyclic amines) is 1. The molecule has 3 heterocycles. The number of carbonyl (C=O) groups excluding carboxylic acids is 1. The molecule has 1 amide bonds. The summed E-state index contributed by atoms with van der Waals surface area (Å²) in [5.41, 5.74) is 3.49. The van der Waals surface area contributed by atoms with Gasteiger partial charge in [0.05, 0.1) is 21.8 Å². The molecule has 0 saturated carbocycles. The molecule has 1 saturated heterocycles. The van der Waals surface area contributed by atoms with Crippen LogP contribution in [-0.4, -0.2) is 27.1 Å². The molecule has 1 aromatic carbocycles. The third kappa shape index (κ3) is 3.00. The second-order valence-electron chi connectivity index (χ2n) is 7.60. The summed E-state index contributed by atoms with van der Waals surface area (Å²) in [7, 11) is 0. The van der Waals surface area contributed by atoms with E-state index in [4.69, 9.17) is 23.2 Å². The Kier molecular flexibility index (Phi) is 4.52. The summed E-state index contributed by atoms with van der Waals surface area (Å²) in [4.78, 5) is 15.7. The second-order valence-corrected chi connectivity index (χ2v) is 8.41. The highest BCUT2D eigenvalue weighted by molar-refractivity contribution is 6.42. The van der Waals surface area contributed by atoms with Crippen LogP contribution in [0.1, 0.15) is 31.4 Å². The van der Waals surface area contributed by atoms with Crippen LogP contribution in [0.15, 0.2) is 65.7 Å². The molecular weight excluding hydrogens is 407 g/mol. The minimum Gasteiger partial charge on any atom is -0.344 e. The fourth-order valence-corrected chi connectivity index (χ4v) is 4.80. The Morgan fingerprint density at radius 2 is 2.10 bits per heavy atom. The molecule has 5 nitrogen and oxygen atoms in total. The van der Waals surface area contributed by atoms with Gasteiger partial charge in [-0.1, -0.05) is 41.4 Å². The number of carbonyl (C=O) groups is 1. The molecule has 0 bridgehead atoms. The van der Waals surface area contributed by atoms with Crippen molar-refractivity contribution in [3.05, 3.63) is 81.3 Å². The molecule has 2 unspecified atom stereocenters. The van der Waals surface area contributed by atoms with Crippen molar-refractivity contribution in [2.75, 3.05) is 11.9 Å². The van der Waals surface area contributed by atoms with E-state index in [9.17, 15) is 4.79 Å². The van der Waals surface area contributed by atoms with Crippen molar-refractivity contribution in [2.24, 2.45) is 5.92 Å². The summed E-state index contributed by atoms with van der Waals surface area (Å²) in [6, 6.07) is 7.02. The summed E-state index contributed by atoms with van der Waals surface area (Å²) < 4.78 is 1.84. The number of anilines is 1. The number of fused-ring (bicyclic) bond motifs is 2. The van der Waals surface area contributed by atoms with Crippen LogP contribution in [0.3, 0.4) is 0 Å².